The minimum atomic E-state index is 0.925. The molecule has 2 aromatic carbocycles. The lowest BCUT2D eigenvalue weighted by molar-refractivity contribution is -0.688. The van der Waals surface area contributed by atoms with Crippen LogP contribution < -0.4 is 9.13 Å². The molecule has 2 heteroatoms. The summed E-state index contributed by atoms with van der Waals surface area (Å²) in [6.07, 6.45) is 12.2. The highest BCUT2D eigenvalue weighted by Gasteiger charge is 2.05. The summed E-state index contributed by atoms with van der Waals surface area (Å²) < 4.78 is 4.48. The third-order valence-corrected chi connectivity index (χ3v) is 5.27. The van der Waals surface area contributed by atoms with Gasteiger partial charge in [-0.1, -0.05) is 60.7 Å². The van der Waals surface area contributed by atoms with Gasteiger partial charge in [-0.25, -0.2) is 9.13 Å². The summed E-state index contributed by atoms with van der Waals surface area (Å²) in [4.78, 5) is 0. The van der Waals surface area contributed by atoms with Crippen molar-refractivity contribution in [2.75, 3.05) is 0 Å². The summed E-state index contributed by atoms with van der Waals surface area (Å²) in [6.45, 7) is 1.85. The second-order valence-corrected chi connectivity index (χ2v) is 7.58. The molecule has 2 heterocycles. The predicted octanol–water partition coefficient (Wildman–Crippen LogP) is 4.53. The fourth-order valence-electron chi connectivity index (χ4n) is 3.61. The largest absolute Gasteiger partial charge is 0.201 e. The zero-order valence-electron chi connectivity index (χ0n) is 16.8. The van der Waals surface area contributed by atoms with E-state index in [9.17, 15) is 0 Å². The Balaban J connectivity index is 1.24. The maximum atomic E-state index is 2.25. The van der Waals surface area contributed by atoms with Gasteiger partial charge in [0.25, 0.3) is 0 Å². The number of aromatic nitrogens is 2. The Morgan fingerprint density at radius 2 is 0.793 bits per heavy atom. The van der Waals surface area contributed by atoms with Crippen molar-refractivity contribution in [3.8, 4) is 0 Å². The lowest BCUT2D eigenvalue weighted by Crippen LogP contribution is -2.33. The Morgan fingerprint density at radius 1 is 0.414 bits per heavy atom. The summed E-state index contributed by atoms with van der Waals surface area (Å²) in [7, 11) is 0. The normalized spacial score (nSPS) is 10.8. The van der Waals surface area contributed by atoms with E-state index in [1.807, 2.05) is 0 Å². The van der Waals surface area contributed by atoms with Gasteiger partial charge in [-0.15, -0.1) is 0 Å². The van der Waals surface area contributed by atoms with Gasteiger partial charge in [0.2, 0.25) is 0 Å². The summed E-state index contributed by atoms with van der Waals surface area (Å²) >= 11 is 0. The van der Waals surface area contributed by atoms with Crippen LogP contribution in [0.25, 0.3) is 0 Å². The molecule has 144 valence electrons. The molecule has 2 aromatic heterocycles. The predicted molar refractivity (Wildman–Crippen MR) is 116 cm³/mol. The third kappa shape index (κ3) is 5.86. The van der Waals surface area contributed by atoms with E-state index >= 15 is 0 Å². The molecule has 0 aliphatic heterocycles. The van der Waals surface area contributed by atoms with Crippen LogP contribution in [0.1, 0.15) is 28.7 Å². The van der Waals surface area contributed by atoms with Crippen molar-refractivity contribution in [3.63, 3.8) is 0 Å². The van der Waals surface area contributed by atoms with Crippen molar-refractivity contribution < 1.29 is 9.13 Å². The monoisotopic (exact) mass is 380 g/mol. The molecule has 0 fully saturated rings. The molecule has 0 aliphatic carbocycles. The molecule has 0 atom stereocenters. The Hall–Kier alpha value is -3.26. The molecular formula is C27H28N2+2. The highest BCUT2D eigenvalue weighted by molar-refractivity contribution is 5.15. The zero-order valence-corrected chi connectivity index (χ0v) is 16.8. The first-order valence-electron chi connectivity index (χ1n) is 10.4. The van der Waals surface area contributed by atoms with Gasteiger partial charge in [-0.05, 0) is 30.4 Å². The van der Waals surface area contributed by atoms with E-state index in [1.165, 1.54) is 28.7 Å². The lowest BCUT2D eigenvalue weighted by atomic mass is 10.1. The molecule has 0 aliphatic rings. The van der Waals surface area contributed by atoms with Crippen LogP contribution in [0.5, 0.6) is 0 Å². The van der Waals surface area contributed by atoms with Gasteiger partial charge in [-0.2, -0.15) is 0 Å². The van der Waals surface area contributed by atoms with Crippen LogP contribution in [0.15, 0.2) is 110 Å². The Labute approximate surface area is 173 Å². The van der Waals surface area contributed by atoms with E-state index in [4.69, 9.17) is 0 Å². The van der Waals surface area contributed by atoms with E-state index < -0.39 is 0 Å². The van der Waals surface area contributed by atoms with E-state index in [2.05, 4.69) is 119 Å². The first-order valence-corrected chi connectivity index (χ1v) is 10.4. The molecule has 0 saturated carbocycles. The molecule has 0 saturated heterocycles. The topological polar surface area (TPSA) is 7.76 Å². The van der Waals surface area contributed by atoms with Gasteiger partial charge in [-0.3, -0.25) is 0 Å². The standard InChI is InChI=1S/C27H28N2/c1-3-8-26(9-4-1)22-28-18-14-24(15-19-28)12-7-13-25-16-20-29(21-17-25)23-27-10-5-2-6-11-27/h1-6,8-11,14-21H,7,12-13,22-23H2/q+2. The number of hydrogen-bond acceptors (Lipinski definition) is 0. The molecule has 0 amide bonds. The van der Waals surface area contributed by atoms with E-state index in [-0.39, 0.29) is 0 Å². The minimum Gasteiger partial charge on any atom is -0.201 e. The fraction of sp³-hybridized carbons (Fsp3) is 0.185. The number of pyridine rings is 2. The van der Waals surface area contributed by atoms with Crippen LogP contribution in [0, 0.1) is 0 Å². The van der Waals surface area contributed by atoms with Crippen molar-refractivity contribution in [3.05, 3.63) is 132 Å². The number of hydrogen-bond donors (Lipinski definition) is 0. The zero-order chi connectivity index (χ0) is 19.7. The fourth-order valence-corrected chi connectivity index (χ4v) is 3.61. The van der Waals surface area contributed by atoms with Gasteiger partial charge < -0.3 is 0 Å². The smallest absolute Gasteiger partial charge is 0.173 e. The van der Waals surface area contributed by atoms with Crippen molar-refractivity contribution >= 4 is 0 Å². The molecule has 4 aromatic rings. The van der Waals surface area contributed by atoms with Crippen LogP contribution >= 0.6 is 0 Å². The average Bonchev–Trinajstić information content (AvgIpc) is 2.78. The van der Waals surface area contributed by atoms with Gasteiger partial charge >= 0.3 is 0 Å². The SMILES string of the molecule is c1ccc(C[n+]2ccc(CCCc3cc[n+](Cc4ccccc4)cc3)cc2)cc1. The minimum absolute atomic E-state index is 0.925. The maximum Gasteiger partial charge on any atom is 0.173 e. The maximum absolute atomic E-state index is 2.25. The van der Waals surface area contributed by atoms with Crippen LogP contribution in [0.2, 0.25) is 0 Å². The molecule has 0 spiro atoms. The Bertz CT molecular complexity index is 907. The summed E-state index contributed by atoms with van der Waals surface area (Å²) in [5.74, 6) is 0. The van der Waals surface area contributed by atoms with Gasteiger partial charge in [0.15, 0.2) is 37.9 Å². The van der Waals surface area contributed by atoms with Crippen LogP contribution in [-0.4, -0.2) is 0 Å². The van der Waals surface area contributed by atoms with Gasteiger partial charge in [0.1, 0.15) is 0 Å². The highest BCUT2D eigenvalue weighted by Crippen LogP contribution is 2.07. The molecule has 0 unspecified atom stereocenters. The highest BCUT2D eigenvalue weighted by atomic mass is 14.9. The first kappa shape index (κ1) is 19.1. The van der Waals surface area contributed by atoms with Gasteiger partial charge in [0.05, 0.1) is 0 Å². The van der Waals surface area contributed by atoms with Crippen LogP contribution in [0.4, 0.5) is 0 Å². The molecule has 0 bridgehead atoms. The van der Waals surface area contributed by atoms with Crippen molar-refractivity contribution in [1.82, 2.24) is 0 Å². The van der Waals surface area contributed by atoms with Crippen LogP contribution in [0.3, 0.4) is 0 Å². The van der Waals surface area contributed by atoms with Crippen molar-refractivity contribution in [2.45, 2.75) is 32.4 Å². The summed E-state index contributed by atoms with van der Waals surface area (Å²) in [6, 6.07) is 30.2. The van der Waals surface area contributed by atoms with Crippen molar-refractivity contribution in [2.24, 2.45) is 0 Å². The summed E-state index contributed by atoms with van der Waals surface area (Å²) in [5, 5.41) is 0. The number of benzene rings is 2. The molecule has 0 radical (unpaired) electrons. The number of aryl methyl sites for hydroxylation is 2. The average molecular weight is 381 g/mol. The second-order valence-electron chi connectivity index (χ2n) is 7.58. The number of nitrogens with zero attached hydrogens (tertiary/aromatic N) is 2. The molecule has 4 rings (SSSR count). The Kier molecular flexibility index (Phi) is 6.44. The van der Waals surface area contributed by atoms with E-state index in [0.29, 0.717) is 0 Å². The molecule has 2 nitrogen and oxygen atoms in total. The summed E-state index contributed by atoms with van der Waals surface area (Å²) in [5.41, 5.74) is 5.48. The molecular weight excluding hydrogens is 352 g/mol. The molecule has 0 N–H and O–H groups in total. The second kappa shape index (κ2) is 9.79. The lowest BCUT2D eigenvalue weighted by Gasteiger charge is -2.03. The van der Waals surface area contributed by atoms with E-state index in [0.717, 1.165) is 25.9 Å². The van der Waals surface area contributed by atoms with E-state index in [1.54, 1.807) is 0 Å². The number of rotatable bonds is 8. The first-order chi connectivity index (χ1) is 14.3. The quantitative estimate of drug-likeness (QED) is 0.397. The van der Waals surface area contributed by atoms with Gasteiger partial charge in [0, 0.05) is 35.4 Å². The Morgan fingerprint density at radius 3 is 1.17 bits per heavy atom. The molecule has 29 heavy (non-hydrogen) atoms. The van der Waals surface area contributed by atoms with Crippen molar-refractivity contribution in [1.29, 1.82) is 0 Å². The third-order valence-electron chi connectivity index (χ3n) is 5.27. The van der Waals surface area contributed by atoms with Crippen LogP contribution in [-0.2, 0) is 25.9 Å².